The first-order valence-electron chi connectivity index (χ1n) is 9.33. The van der Waals surface area contributed by atoms with Crippen LogP contribution in [0, 0.1) is 11.3 Å². The van der Waals surface area contributed by atoms with E-state index >= 15 is 0 Å². The van der Waals surface area contributed by atoms with E-state index in [4.69, 9.17) is 0 Å². The number of nitrogens with one attached hydrogen (secondary N) is 1. The van der Waals surface area contributed by atoms with Crippen LogP contribution < -0.4 is 10.2 Å². The van der Waals surface area contributed by atoms with Crippen molar-refractivity contribution in [3.63, 3.8) is 0 Å². The standard InChI is InChI=1S/C24H23N3O/c1-27(20-11-3-2-4-12-20)17-9-16-26-24(28)23-15-8-7-14-22(23)21-13-6-5-10-19(21)18-25/h2-8,10-15H,9,16-17H2,1H3,(H,26,28). The number of hydrogen-bond donors (Lipinski definition) is 1. The summed E-state index contributed by atoms with van der Waals surface area (Å²) in [5.41, 5.74) is 3.86. The smallest absolute Gasteiger partial charge is 0.251 e. The molecule has 4 nitrogen and oxygen atoms in total. The highest BCUT2D eigenvalue weighted by Gasteiger charge is 2.14. The fourth-order valence-corrected chi connectivity index (χ4v) is 3.16. The molecule has 0 aliphatic carbocycles. The van der Waals surface area contributed by atoms with Gasteiger partial charge in [-0.1, -0.05) is 54.6 Å². The molecule has 0 aliphatic rings. The van der Waals surface area contributed by atoms with Crippen molar-refractivity contribution in [3.05, 3.63) is 90.0 Å². The Balaban J connectivity index is 1.63. The van der Waals surface area contributed by atoms with Crippen molar-refractivity contribution in [2.75, 3.05) is 25.0 Å². The average Bonchev–Trinajstić information content (AvgIpc) is 2.77. The monoisotopic (exact) mass is 369 g/mol. The van der Waals surface area contributed by atoms with E-state index in [1.165, 1.54) is 0 Å². The molecule has 140 valence electrons. The van der Waals surface area contributed by atoms with Gasteiger partial charge in [-0.3, -0.25) is 4.79 Å². The molecule has 3 aromatic carbocycles. The largest absolute Gasteiger partial charge is 0.375 e. The molecule has 0 saturated carbocycles. The molecule has 0 radical (unpaired) electrons. The van der Waals surface area contributed by atoms with E-state index in [-0.39, 0.29) is 5.91 Å². The van der Waals surface area contributed by atoms with Crippen molar-refractivity contribution >= 4 is 11.6 Å². The minimum Gasteiger partial charge on any atom is -0.375 e. The van der Waals surface area contributed by atoms with Crippen molar-refractivity contribution in [1.82, 2.24) is 5.32 Å². The van der Waals surface area contributed by atoms with Crippen LogP contribution in [0.3, 0.4) is 0 Å². The number of hydrogen-bond acceptors (Lipinski definition) is 3. The Morgan fingerprint density at radius 3 is 2.32 bits per heavy atom. The van der Waals surface area contributed by atoms with Crippen molar-refractivity contribution in [2.45, 2.75) is 6.42 Å². The molecular weight excluding hydrogens is 346 g/mol. The third-order valence-electron chi connectivity index (χ3n) is 4.66. The Bertz CT molecular complexity index is 976. The zero-order valence-electron chi connectivity index (χ0n) is 15.9. The summed E-state index contributed by atoms with van der Waals surface area (Å²) >= 11 is 0. The van der Waals surface area contributed by atoms with Crippen LogP contribution in [-0.2, 0) is 0 Å². The number of carbonyl (C=O) groups excluding carboxylic acids is 1. The summed E-state index contributed by atoms with van der Waals surface area (Å²) in [6.07, 6.45) is 0.841. The normalized spacial score (nSPS) is 10.1. The quantitative estimate of drug-likeness (QED) is 0.625. The maximum Gasteiger partial charge on any atom is 0.251 e. The lowest BCUT2D eigenvalue weighted by Crippen LogP contribution is -2.28. The van der Waals surface area contributed by atoms with Gasteiger partial charge in [-0.05, 0) is 36.2 Å². The summed E-state index contributed by atoms with van der Waals surface area (Å²) in [5.74, 6) is -0.120. The predicted octanol–water partition coefficient (Wildman–Crippen LogP) is 4.48. The summed E-state index contributed by atoms with van der Waals surface area (Å²) < 4.78 is 0. The second-order valence-electron chi connectivity index (χ2n) is 6.57. The number of anilines is 1. The van der Waals surface area contributed by atoms with Crippen molar-refractivity contribution in [1.29, 1.82) is 5.26 Å². The van der Waals surface area contributed by atoms with E-state index in [1.807, 2.05) is 61.6 Å². The molecular formula is C24H23N3O. The molecule has 0 unspecified atom stereocenters. The Morgan fingerprint density at radius 2 is 1.57 bits per heavy atom. The van der Waals surface area contributed by atoms with Gasteiger partial charge in [-0.2, -0.15) is 5.26 Å². The maximum atomic E-state index is 12.7. The number of nitriles is 1. The third kappa shape index (κ3) is 4.57. The minimum absolute atomic E-state index is 0.120. The molecule has 0 aromatic heterocycles. The van der Waals surface area contributed by atoms with Gasteiger partial charge in [-0.15, -0.1) is 0 Å². The molecule has 3 aromatic rings. The van der Waals surface area contributed by atoms with Gasteiger partial charge in [0.05, 0.1) is 11.6 Å². The molecule has 0 saturated heterocycles. The Labute approximate surface area is 166 Å². The lowest BCUT2D eigenvalue weighted by molar-refractivity contribution is 0.0954. The molecule has 3 rings (SSSR count). The lowest BCUT2D eigenvalue weighted by Gasteiger charge is -2.19. The minimum atomic E-state index is -0.120. The number of rotatable bonds is 7. The summed E-state index contributed by atoms with van der Waals surface area (Å²) in [7, 11) is 2.05. The van der Waals surface area contributed by atoms with Crippen LogP contribution in [0.15, 0.2) is 78.9 Å². The molecule has 1 amide bonds. The van der Waals surface area contributed by atoms with Gasteiger partial charge in [0.1, 0.15) is 0 Å². The first kappa shape index (κ1) is 19.2. The number of para-hydroxylation sites is 1. The molecule has 0 aliphatic heterocycles. The topological polar surface area (TPSA) is 56.1 Å². The number of benzene rings is 3. The lowest BCUT2D eigenvalue weighted by atomic mass is 9.95. The highest BCUT2D eigenvalue weighted by atomic mass is 16.1. The van der Waals surface area contributed by atoms with Crippen LogP contribution >= 0.6 is 0 Å². The molecule has 0 atom stereocenters. The van der Waals surface area contributed by atoms with Crippen LogP contribution in [0.25, 0.3) is 11.1 Å². The SMILES string of the molecule is CN(CCCNC(=O)c1ccccc1-c1ccccc1C#N)c1ccccc1. The molecule has 4 heteroatoms. The highest BCUT2D eigenvalue weighted by Crippen LogP contribution is 2.26. The number of amides is 1. The van der Waals surface area contributed by atoms with Crippen molar-refractivity contribution in [2.24, 2.45) is 0 Å². The molecule has 28 heavy (non-hydrogen) atoms. The average molecular weight is 369 g/mol. The Morgan fingerprint density at radius 1 is 0.929 bits per heavy atom. The van der Waals surface area contributed by atoms with E-state index in [1.54, 1.807) is 12.1 Å². The van der Waals surface area contributed by atoms with Crippen LogP contribution in [-0.4, -0.2) is 26.0 Å². The Kier molecular flexibility index (Phi) is 6.43. The molecule has 0 bridgehead atoms. The summed E-state index contributed by atoms with van der Waals surface area (Å²) in [6, 6.07) is 27.1. The first-order chi connectivity index (χ1) is 13.7. The Hall–Kier alpha value is -3.58. The van der Waals surface area contributed by atoms with Gasteiger partial charge in [0.2, 0.25) is 0 Å². The van der Waals surface area contributed by atoms with Crippen molar-refractivity contribution in [3.8, 4) is 17.2 Å². The molecule has 0 fully saturated rings. The van der Waals surface area contributed by atoms with Crippen molar-refractivity contribution < 1.29 is 4.79 Å². The second-order valence-corrected chi connectivity index (χ2v) is 6.57. The fourth-order valence-electron chi connectivity index (χ4n) is 3.16. The van der Waals surface area contributed by atoms with E-state index in [2.05, 4.69) is 28.4 Å². The van der Waals surface area contributed by atoms with E-state index in [0.717, 1.165) is 29.8 Å². The number of nitrogens with zero attached hydrogens (tertiary/aromatic N) is 2. The zero-order valence-corrected chi connectivity index (χ0v) is 15.9. The summed E-state index contributed by atoms with van der Waals surface area (Å²) in [4.78, 5) is 14.9. The zero-order chi connectivity index (χ0) is 19.8. The van der Waals surface area contributed by atoms with Gasteiger partial charge in [0, 0.05) is 37.0 Å². The summed E-state index contributed by atoms with van der Waals surface area (Å²) in [5, 5.41) is 12.4. The summed E-state index contributed by atoms with van der Waals surface area (Å²) in [6.45, 7) is 1.44. The van der Waals surface area contributed by atoms with Gasteiger partial charge < -0.3 is 10.2 Å². The second kappa shape index (κ2) is 9.38. The predicted molar refractivity (Wildman–Crippen MR) is 113 cm³/mol. The van der Waals surface area contributed by atoms with E-state index in [9.17, 15) is 10.1 Å². The van der Waals surface area contributed by atoms with E-state index in [0.29, 0.717) is 17.7 Å². The van der Waals surface area contributed by atoms with Crippen LogP contribution in [0.1, 0.15) is 22.3 Å². The van der Waals surface area contributed by atoms with Crippen LogP contribution in [0.4, 0.5) is 5.69 Å². The number of carbonyl (C=O) groups is 1. The maximum absolute atomic E-state index is 12.7. The molecule has 0 heterocycles. The van der Waals surface area contributed by atoms with Gasteiger partial charge in [0.25, 0.3) is 5.91 Å². The van der Waals surface area contributed by atoms with Gasteiger partial charge >= 0.3 is 0 Å². The van der Waals surface area contributed by atoms with Crippen LogP contribution in [0.5, 0.6) is 0 Å². The van der Waals surface area contributed by atoms with Gasteiger partial charge in [0.15, 0.2) is 0 Å². The molecule has 1 N–H and O–H groups in total. The molecule has 0 spiro atoms. The third-order valence-corrected chi connectivity index (χ3v) is 4.66. The fraction of sp³-hybridized carbons (Fsp3) is 0.167. The first-order valence-corrected chi connectivity index (χ1v) is 9.33. The van der Waals surface area contributed by atoms with E-state index < -0.39 is 0 Å². The highest BCUT2D eigenvalue weighted by molar-refractivity contribution is 6.01. The van der Waals surface area contributed by atoms with Gasteiger partial charge in [-0.25, -0.2) is 0 Å². The van der Waals surface area contributed by atoms with Crippen LogP contribution in [0.2, 0.25) is 0 Å².